The molecular weight excluding hydrogens is 353 g/mol. The Kier molecular flexibility index (Phi) is 5.06. The van der Waals surface area contributed by atoms with E-state index in [1.807, 2.05) is 0 Å². The third-order valence-electron chi connectivity index (χ3n) is 3.44. The number of amides is 2. The Balaban J connectivity index is 2.15. The highest BCUT2D eigenvalue weighted by Gasteiger charge is 2.38. The number of alkyl halides is 3. The number of halogens is 3. The van der Waals surface area contributed by atoms with Crippen molar-refractivity contribution in [2.75, 3.05) is 14.1 Å². The minimum atomic E-state index is -4.73. The van der Waals surface area contributed by atoms with E-state index in [0.717, 1.165) is 0 Å². The van der Waals surface area contributed by atoms with Gasteiger partial charge in [0.05, 0.1) is 0 Å². The van der Waals surface area contributed by atoms with E-state index < -0.39 is 23.5 Å². The minimum Gasteiger partial charge on any atom is -0.347 e. The zero-order valence-electron chi connectivity index (χ0n) is 14.5. The summed E-state index contributed by atoms with van der Waals surface area (Å²) in [5.41, 5.74) is -0.633. The van der Waals surface area contributed by atoms with Crippen molar-refractivity contribution in [3.63, 3.8) is 0 Å². The quantitative estimate of drug-likeness (QED) is 0.893. The molecule has 1 heterocycles. The summed E-state index contributed by atoms with van der Waals surface area (Å²) in [7, 11) is 3.15. The lowest BCUT2D eigenvalue weighted by molar-refractivity contribution is -0.159. The van der Waals surface area contributed by atoms with Crippen molar-refractivity contribution < 1.29 is 27.3 Å². The number of carbonyl (C=O) groups excluding carboxylic acids is 2. The van der Waals surface area contributed by atoms with Crippen molar-refractivity contribution in [2.24, 2.45) is 0 Å². The normalized spacial score (nSPS) is 12.0. The number of hydrogen-bond donors (Lipinski definition) is 1. The molecule has 0 unspecified atom stereocenters. The summed E-state index contributed by atoms with van der Waals surface area (Å²) in [4.78, 5) is 29.0. The van der Waals surface area contributed by atoms with E-state index in [0.29, 0.717) is 0 Å². The Morgan fingerprint density at radius 1 is 1.12 bits per heavy atom. The fraction of sp³-hybridized carbons (Fsp3) is 0.375. The molecular formula is C16H17F3N4O3. The minimum absolute atomic E-state index is 0.230. The molecule has 26 heavy (non-hydrogen) atoms. The lowest BCUT2D eigenvalue weighted by atomic mass is 10.0. The van der Waals surface area contributed by atoms with Gasteiger partial charge in [0.1, 0.15) is 5.54 Å². The second-order valence-electron chi connectivity index (χ2n) is 6.28. The molecule has 0 spiro atoms. The van der Waals surface area contributed by atoms with Crippen LogP contribution in [0.15, 0.2) is 28.8 Å². The zero-order valence-corrected chi connectivity index (χ0v) is 14.5. The van der Waals surface area contributed by atoms with Gasteiger partial charge in [0.2, 0.25) is 11.7 Å². The van der Waals surface area contributed by atoms with Crippen LogP contribution in [0.1, 0.15) is 30.1 Å². The highest BCUT2D eigenvalue weighted by Crippen LogP contribution is 2.29. The van der Waals surface area contributed by atoms with Crippen LogP contribution in [0.25, 0.3) is 11.4 Å². The number of rotatable bonds is 4. The van der Waals surface area contributed by atoms with Crippen molar-refractivity contribution in [1.82, 2.24) is 20.4 Å². The van der Waals surface area contributed by atoms with Crippen LogP contribution in [0, 0.1) is 0 Å². The van der Waals surface area contributed by atoms with E-state index >= 15 is 0 Å². The highest BCUT2D eigenvalue weighted by molar-refractivity contribution is 5.99. The van der Waals surface area contributed by atoms with Gasteiger partial charge in [-0.15, -0.1) is 0 Å². The summed E-state index contributed by atoms with van der Waals surface area (Å²) >= 11 is 0. The average molecular weight is 370 g/mol. The van der Waals surface area contributed by atoms with Crippen LogP contribution < -0.4 is 5.32 Å². The van der Waals surface area contributed by atoms with Gasteiger partial charge in [-0.2, -0.15) is 18.2 Å². The first-order valence-corrected chi connectivity index (χ1v) is 7.47. The standard InChI is InChI=1S/C16H17F3N4O3/c1-15(2,14(25)23(3)4)21-12(24)10-7-5-9(6-8-10)11-20-13(26-22-11)16(17,18)19/h5-8H,1-4H3,(H,21,24). The summed E-state index contributed by atoms with van der Waals surface area (Å²) < 4.78 is 41.6. The van der Waals surface area contributed by atoms with Crippen LogP contribution in [0.4, 0.5) is 13.2 Å². The highest BCUT2D eigenvalue weighted by atomic mass is 19.4. The van der Waals surface area contributed by atoms with Gasteiger partial charge in [-0.25, -0.2) is 0 Å². The zero-order chi connectivity index (χ0) is 19.7. The number of benzene rings is 1. The molecule has 1 aromatic carbocycles. The molecule has 140 valence electrons. The molecule has 0 fully saturated rings. The second kappa shape index (κ2) is 6.77. The number of carbonyl (C=O) groups is 2. The lowest BCUT2D eigenvalue weighted by Gasteiger charge is -2.28. The first-order chi connectivity index (χ1) is 11.9. The third kappa shape index (κ3) is 4.19. The lowest BCUT2D eigenvalue weighted by Crippen LogP contribution is -2.54. The van der Waals surface area contributed by atoms with Crippen LogP contribution in [0.2, 0.25) is 0 Å². The van der Waals surface area contributed by atoms with Gasteiger partial charge in [0.15, 0.2) is 0 Å². The van der Waals surface area contributed by atoms with Gasteiger partial charge in [-0.05, 0) is 26.0 Å². The van der Waals surface area contributed by atoms with Crippen molar-refractivity contribution in [3.8, 4) is 11.4 Å². The predicted molar refractivity (Wildman–Crippen MR) is 85.0 cm³/mol. The number of aromatic nitrogens is 2. The summed E-state index contributed by atoms with van der Waals surface area (Å²) in [5.74, 6) is -2.47. The fourth-order valence-electron chi connectivity index (χ4n) is 2.20. The van der Waals surface area contributed by atoms with Crippen molar-refractivity contribution in [1.29, 1.82) is 0 Å². The fourth-order valence-corrected chi connectivity index (χ4v) is 2.20. The molecule has 7 nitrogen and oxygen atoms in total. The number of nitrogens with zero attached hydrogens (tertiary/aromatic N) is 3. The molecule has 10 heteroatoms. The van der Waals surface area contributed by atoms with Crippen molar-refractivity contribution >= 4 is 11.8 Å². The Morgan fingerprint density at radius 2 is 1.69 bits per heavy atom. The van der Waals surface area contributed by atoms with E-state index in [1.54, 1.807) is 27.9 Å². The van der Waals surface area contributed by atoms with E-state index in [9.17, 15) is 22.8 Å². The van der Waals surface area contributed by atoms with Crippen molar-refractivity contribution in [3.05, 3.63) is 35.7 Å². The SMILES string of the molecule is CN(C)C(=O)C(C)(C)NC(=O)c1ccc(-c2noc(C(F)(F)F)n2)cc1. The molecule has 0 radical (unpaired) electrons. The maximum Gasteiger partial charge on any atom is 0.471 e. The summed E-state index contributed by atoms with van der Waals surface area (Å²) in [6.45, 7) is 3.14. The Hall–Kier alpha value is -2.91. The first kappa shape index (κ1) is 19.4. The maximum absolute atomic E-state index is 12.5. The summed E-state index contributed by atoms with van der Waals surface area (Å²) in [5, 5.41) is 5.88. The van der Waals surface area contributed by atoms with E-state index in [2.05, 4.69) is 20.0 Å². The van der Waals surface area contributed by atoms with Gasteiger partial charge < -0.3 is 14.7 Å². The molecule has 1 N–H and O–H groups in total. The smallest absolute Gasteiger partial charge is 0.347 e. The Labute approximate surface area is 147 Å². The summed E-state index contributed by atoms with van der Waals surface area (Å²) in [6.07, 6.45) is -4.73. The Bertz CT molecular complexity index is 811. The molecule has 1 aromatic heterocycles. The summed E-state index contributed by atoms with van der Waals surface area (Å²) in [6, 6.07) is 5.57. The van der Waals surface area contributed by atoms with Crippen LogP contribution >= 0.6 is 0 Å². The molecule has 2 amide bonds. The molecule has 2 aromatic rings. The van der Waals surface area contributed by atoms with Gasteiger partial charge >= 0.3 is 12.1 Å². The number of likely N-dealkylation sites (N-methyl/N-ethyl adjacent to an activating group) is 1. The van der Waals surface area contributed by atoms with Gasteiger partial charge in [0.25, 0.3) is 5.91 Å². The van der Waals surface area contributed by atoms with Gasteiger partial charge in [-0.1, -0.05) is 17.3 Å². The molecule has 0 atom stereocenters. The second-order valence-corrected chi connectivity index (χ2v) is 6.28. The maximum atomic E-state index is 12.5. The first-order valence-electron chi connectivity index (χ1n) is 7.47. The number of hydrogen-bond acceptors (Lipinski definition) is 5. The molecule has 0 saturated carbocycles. The van der Waals surface area contributed by atoms with Gasteiger partial charge in [0, 0.05) is 25.2 Å². The van der Waals surface area contributed by atoms with Gasteiger partial charge in [-0.3, -0.25) is 9.59 Å². The molecule has 0 aliphatic rings. The topological polar surface area (TPSA) is 88.3 Å². The molecule has 0 aliphatic carbocycles. The van der Waals surface area contributed by atoms with Crippen LogP contribution in [0.5, 0.6) is 0 Å². The predicted octanol–water partition coefficient (Wildman–Crippen LogP) is 2.35. The van der Waals surface area contributed by atoms with Crippen molar-refractivity contribution in [2.45, 2.75) is 25.6 Å². The molecule has 0 aliphatic heterocycles. The molecule has 2 rings (SSSR count). The largest absolute Gasteiger partial charge is 0.471 e. The van der Waals surface area contributed by atoms with Crippen LogP contribution in [0.3, 0.4) is 0 Å². The average Bonchev–Trinajstić information content (AvgIpc) is 3.04. The van der Waals surface area contributed by atoms with Crippen LogP contribution in [-0.2, 0) is 11.0 Å². The van der Waals surface area contributed by atoms with E-state index in [1.165, 1.54) is 29.2 Å². The molecule has 0 saturated heterocycles. The third-order valence-corrected chi connectivity index (χ3v) is 3.44. The number of nitrogens with one attached hydrogen (secondary N) is 1. The molecule has 0 bridgehead atoms. The van der Waals surface area contributed by atoms with E-state index in [-0.39, 0.29) is 22.9 Å². The van der Waals surface area contributed by atoms with Crippen LogP contribution in [-0.4, -0.2) is 46.5 Å². The monoisotopic (exact) mass is 370 g/mol. The van der Waals surface area contributed by atoms with E-state index in [4.69, 9.17) is 0 Å². The Morgan fingerprint density at radius 3 is 2.15 bits per heavy atom.